The summed E-state index contributed by atoms with van der Waals surface area (Å²) >= 11 is 3.26. The van der Waals surface area contributed by atoms with Crippen molar-refractivity contribution in [1.82, 2.24) is 0 Å². The fourth-order valence-corrected chi connectivity index (χ4v) is 3.03. The normalized spacial score (nSPS) is 20.4. The number of halogens is 2. The Hall–Kier alpha value is -0.915. The molecule has 1 atom stereocenters. The number of ether oxygens (including phenoxy) is 1. The molecule has 1 aliphatic heterocycles. The highest BCUT2D eigenvalue weighted by Crippen LogP contribution is 2.43. The smallest absolute Gasteiger partial charge is 0.466 e. The van der Waals surface area contributed by atoms with Crippen molar-refractivity contribution in [2.24, 2.45) is 0 Å². The Labute approximate surface area is 145 Å². The van der Waals surface area contributed by atoms with E-state index in [0.29, 0.717) is 10.0 Å². The van der Waals surface area contributed by atoms with Crippen molar-refractivity contribution in [3.05, 3.63) is 34.1 Å². The predicted octanol–water partition coefficient (Wildman–Crippen LogP) is 3.87. The minimum Gasteiger partial charge on any atom is -0.469 e. The lowest BCUT2D eigenvalue weighted by atomic mass is 9.66. The average molecular weight is 387 g/mol. The summed E-state index contributed by atoms with van der Waals surface area (Å²) in [6, 6.07) is 4.71. The van der Waals surface area contributed by atoms with Crippen molar-refractivity contribution in [1.29, 1.82) is 0 Å². The van der Waals surface area contributed by atoms with E-state index < -0.39 is 35.9 Å². The van der Waals surface area contributed by atoms with Gasteiger partial charge >= 0.3 is 13.1 Å². The van der Waals surface area contributed by atoms with E-state index in [9.17, 15) is 9.18 Å². The highest BCUT2D eigenvalue weighted by Gasteiger charge is 2.54. The van der Waals surface area contributed by atoms with Crippen LogP contribution < -0.4 is 0 Å². The quantitative estimate of drug-likeness (QED) is 0.582. The number of esters is 1. The molecule has 1 aliphatic rings. The lowest BCUT2D eigenvalue weighted by Crippen LogP contribution is -2.41. The SMILES string of the molecule is COC(=O)CC(B1OC(C)(C)C(C)(C)O1)c1cccc(F)c1Br. The summed E-state index contributed by atoms with van der Waals surface area (Å²) in [5.41, 5.74) is -0.452. The van der Waals surface area contributed by atoms with Crippen molar-refractivity contribution in [3.8, 4) is 0 Å². The maximum atomic E-state index is 13.9. The van der Waals surface area contributed by atoms with Crippen LogP contribution in [0.2, 0.25) is 0 Å². The van der Waals surface area contributed by atoms with Crippen molar-refractivity contribution < 1.29 is 23.2 Å². The Morgan fingerprint density at radius 3 is 2.39 bits per heavy atom. The molecule has 0 radical (unpaired) electrons. The van der Waals surface area contributed by atoms with Gasteiger partial charge in [-0.3, -0.25) is 4.79 Å². The Kier molecular flexibility index (Phi) is 5.23. The molecule has 4 nitrogen and oxygen atoms in total. The Bertz CT molecular complexity index is 590. The van der Waals surface area contributed by atoms with Gasteiger partial charge in [0.15, 0.2) is 0 Å². The van der Waals surface area contributed by atoms with Crippen LogP contribution in [0.15, 0.2) is 22.7 Å². The van der Waals surface area contributed by atoms with Crippen LogP contribution in [0.1, 0.15) is 45.5 Å². The van der Waals surface area contributed by atoms with Crippen molar-refractivity contribution in [2.75, 3.05) is 7.11 Å². The zero-order valence-corrected chi connectivity index (χ0v) is 15.6. The molecule has 1 saturated heterocycles. The summed E-state index contributed by atoms with van der Waals surface area (Å²) < 4.78 is 31.1. The number of rotatable bonds is 4. The molecule has 0 aliphatic carbocycles. The lowest BCUT2D eigenvalue weighted by Gasteiger charge is -2.32. The van der Waals surface area contributed by atoms with Crippen LogP contribution in [0.4, 0.5) is 4.39 Å². The van der Waals surface area contributed by atoms with E-state index in [0.717, 1.165) is 0 Å². The molecule has 126 valence electrons. The van der Waals surface area contributed by atoms with E-state index in [1.165, 1.54) is 13.2 Å². The Morgan fingerprint density at radius 2 is 1.87 bits per heavy atom. The molecule has 1 heterocycles. The predicted molar refractivity (Wildman–Crippen MR) is 89.6 cm³/mol. The first-order valence-corrected chi connectivity index (χ1v) is 8.24. The molecule has 0 amide bonds. The van der Waals surface area contributed by atoms with Gasteiger partial charge in [0.05, 0.1) is 29.2 Å². The van der Waals surface area contributed by atoms with Gasteiger partial charge in [0.1, 0.15) is 5.82 Å². The van der Waals surface area contributed by atoms with E-state index in [-0.39, 0.29) is 6.42 Å². The molecule has 0 N–H and O–H groups in total. The second-order valence-electron chi connectivity index (χ2n) is 6.65. The van der Waals surface area contributed by atoms with Crippen molar-refractivity contribution >= 4 is 29.0 Å². The maximum absolute atomic E-state index is 13.9. The topological polar surface area (TPSA) is 44.8 Å². The highest BCUT2D eigenvalue weighted by atomic mass is 79.9. The summed E-state index contributed by atoms with van der Waals surface area (Å²) in [4.78, 5) is 11.8. The second kappa shape index (κ2) is 6.53. The monoisotopic (exact) mass is 386 g/mol. The van der Waals surface area contributed by atoms with Crippen LogP contribution in [0.25, 0.3) is 0 Å². The largest absolute Gasteiger partial charge is 0.469 e. The van der Waals surface area contributed by atoms with E-state index in [1.54, 1.807) is 12.1 Å². The molecule has 0 aromatic heterocycles. The molecule has 1 aromatic carbocycles. The molecule has 1 aromatic rings. The van der Waals surface area contributed by atoms with E-state index in [4.69, 9.17) is 14.0 Å². The second-order valence-corrected chi connectivity index (χ2v) is 7.45. The molecule has 1 fully saturated rings. The molecule has 0 saturated carbocycles. The zero-order valence-electron chi connectivity index (χ0n) is 14.0. The van der Waals surface area contributed by atoms with Gasteiger partial charge in [0.2, 0.25) is 0 Å². The van der Waals surface area contributed by atoms with E-state index in [1.807, 2.05) is 27.7 Å². The third kappa shape index (κ3) is 3.62. The number of hydrogen-bond acceptors (Lipinski definition) is 4. The van der Waals surface area contributed by atoms with Crippen LogP contribution in [-0.2, 0) is 18.8 Å². The standard InChI is InChI=1S/C16H21BBrFO4/c1-15(2)16(3,4)23-17(22-15)11(9-13(20)21-5)10-7-6-8-12(19)14(10)18/h6-8,11H,9H2,1-5H3. The average Bonchev–Trinajstić information content (AvgIpc) is 2.67. The first-order chi connectivity index (χ1) is 10.6. The Balaban J connectivity index is 2.40. The summed E-state index contributed by atoms with van der Waals surface area (Å²) in [6.07, 6.45) is 0.0371. The fourth-order valence-electron chi connectivity index (χ4n) is 2.48. The van der Waals surface area contributed by atoms with Crippen molar-refractivity contribution in [2.45, 2.75) is 51.1 Å². The van der Waals surface area contributed by atoms with Gasteiger partial charge in [-0.1, -0.05) is 12.1 Å². The van der Waals surface area contributed by atoms with Gasteiger partial charge in [0, 0.05) is 5.82 Å². The van der Waals surface area contributed by atoms with E-state index >= 15 is 0 Å². The molecule has 7 heteroatoms. The van der Waals surface area contributed by atoms with Crippen LogP contribution in [-0.4, -0.2) is 31.4 Å². The Morgan fingerprint density at radius 1 is 1.30 bits per heavy atom. The van der Waals surface area contributed by atoms with Gasteiger partial charge in [-0.05, 0) is 55.3 Å². The van der Waals surface area contributed by atoms with E-state index in [2.05, 4.69) is 15.9 Å². The van der Waals surface area contributed by atoms with Crippen LogP contribution in [0.5, 0.6) is 0 Å². The first kappa shape index (κ1) is 18.4. The number of benzene rings is 1. The number of carbonyl (C=O) groups is 1. The number of methoxy groups -OCH3 is 1. The van der Waals surface area contributed by atoms with Crippen LogP contribution in [0.3, 0.4) is 0 Å². The molecule has 2 rings (SSSR count). The molecular weight excluding hydrogens is 366 g/mol. The third-order valence-corrected chi connectivity index (χ3v) is 5.43. The summed E-state index contributed by atoms with van der Waals surface area (Å²) in [6.45, 7) is 7.73. The first-order valence-electron chi connectivity index (χ1n) is 7.45. The van der Waals surface area contributed by atoms with Gasteiger partial charge in [-0.15, -0.1) is 0 Å². The van der Waals surface area contributed by atoms with Crippen molar-refractivity contribution in [3.63, 3.8) is 0 Å². The molecule has 23 heavy (non-hydrogen) atoms. The minimum absolute atomic E-state index is 0.0371. The minimum atomic E-state index is -0.669. The molecular formula is C16H21BBrFO4. The third-order valence-electron chi connectivity index (χ3n) is 4.60. The number of carbonyl (C=O) groups excluding carboxylic acids is 1. The molecule has 1 unspecified atom stereocenters. The zero-order chi connectivity index (χ0) is 17.4. The fraction of sp³-hybridized carbons (Fsp3) is 0.562. The van der Waals surface area contributed by atoms with Gasteiger partial charge in [0.25, 0.3) is 0 Å². The number of hydrogen-bond donors (Lipinski definition) is 0. The van der Waals surface area contributed by atoms with Gasteiger partial charge in [-0.2, -0.15) is 0 Å². The lowest BCUT2D eigenvalue weighted by molar-refractivity contribution is -0.140. The molecule has 0 spiro atoms. The van der Waals surface area contributed by atoms with Crippen LogP contribution in [0, 0.1) is 5.82 Å². The van der Waals surface area contributed by atoms with Crippen LogP contribution >= 0.6 is 15.9 Å². The highest BCUT2D eigenvalue weighted by molar-refractivity contribution is 9.10. The summed E-state index contributed by atoms with van der Waals surface area (Å²) in [7, 11) is 0.654. The summed E-state index contributed by atoms with van der Waals surface area (Å²) in [5.74, 6) is -1.27. The van der Waals surface area contributed by atoms with Gasteiger partial charge in [-0.25, -0.2) is 4.39 Å². The summed E-state index contributed by atoms with van der Waals surface area (Å²) in [5, 5.41) is 0. The molecule has 0 bridgehead atoms. The maximum Gasteiger partial charge on any atom is 0.466 e. The van der Waals surface area contributed by atoms with Gasteiger partial charge < -0.3 is 14.0 Å².